The van der Waals surface area contributed by atoms with E-state index in [0.29, 0.717) is 5.65 Å². The van der Waals surface area contributed by atoms with E-state index in [9.17, 15) is 9.18 Å². The van der Waals surface area contributed by atoms with E-state index in [4.69, 9.17) is 9.84 Å². The van der Waals surface area contributed by atoms with Crippen LogP contribution < -0.4 is 4.74 Å². The van der Waals surface area contributed by atoms with Gasteiger partial charge in [0.2, 0.25) is 5.88 Å². The molecule has 128 valence electrons. The first-order valence-electron chi connectivity index (χ1n) is 7.79. The minimum Gasteiger partial charge on any atom is -0.479 e. The number of benzene rings is 1. The predicted octanol–water partition coefficient (Wildman–Crippen LogP) is 3.90. The van der Waals surface area contributed by atoms with E-state index in [1.165, 1.54) is 19.1 Å². The van der Waals surface area contributed by atoms with E-state index in [2.05, 4.69) is 9.97 Å². The van der Waals surface area contributed by atoms with Crippen molar-refractivity contribution < 1.29 is 19.0 Å². The number of hydrogen-bond acceptors (Lipinski definition) is 4. The first-order chi connectivity index (χ1) is 11.9. The van der Waals surface area contributed by atoms with Crippen molar-refractivity contribution in [2.24, 2.45) is 0 Å². The van der Waals surface area contributed by atoms with Crippen LogP contribution in [0.5, 0.6) is 5.88 Å². The summed E-state index contributed by atoms with van der Waals surface area (Å²) in [6.45, 7) is 5.15. The van der Waals surface area contributed by atoms with E-state index in [1.807, 2.05) is 19.9 Å². The number of carbonyl (C=O) groups is 1. The van der Waals surface area contributed by atoms with Crippen molar-refractivity contribution in [1.82, 2.24) is 9.97 Å². The number of nitrogens with zero attached hydrogens (tertiary/aromatic N) is 2. The van der Waals surface area contributed by atoms with E-state index in [-0.39, 0.29) is 11.7 Å². The van der Waals surface area contributed by atoms with Crippen molar-refractivity contribution in [2.45, 2.75) is 26.9 Å². The number of carboxylic acids is 1. The van der Waals surface area contributed by atoms with Crippen LogP contribution in [0.1, 0.15) is 18.1 Å². The maximum atomic E-state index is 13.6. The van der Waals surface area contributed by atoms with E-state index in [0.717, 1.165) is 27.6 Å². The monoisotopic (exact) mass is 340 g/mol. The zero-order valence-electron chi connectivity index (χ0n) is 14.1. The van der Waals surface area contributed by atoms with E-state index in [1.54, 1.807) is 18.3 Å². The largest absolute Gasteiger partial charge is 0.479 e. The fraction of sp³-hybridized carbons (Fsp3) is 0.211. The average Bonchev–Trinajstić information content (AvgIpc) is 2.53. The van der Waals surface area contributed by atoms with Crippen molar-refractivity contribution in [3.05, 3.63) is 53.5 Å². The van der Waals surface area contributed by atoms with Crippen molar-refractivity contribution in [1.29, 1.82) is 0 Å². The molecule has 2 heterocycles. The number of fused-ring (bicyclic) bond motifs is 1. The quantitative estimate of drug-likeness (QED) is 0.780. The number of aryl methyl sites for hydroxylation is 2. The highest BCUT2D eigenvalue weighted by Crippen LogP contribution is 2.33. The van der Waals surface area contributed by atoms with Crippen LogP contribution in [0.2, 0.25) is 0 Å². The molecule has 3 rings (SSSR count). The second-order valence-corrected chi connectivity index (χ2v) is 5.89. The summed E-state index contributed by atoms with van der Waals surface area (Å²) < 4.78 is 18.9. The molecule has 0 amide bonds. The molecule has 1 aromatic carbocycles. The topological polar surface area (TPSA) is 72.3 Å². The predicted molar refractivity (Wildman–Crippen MR) is 92.1 cm³/mol. The molecule has 1 N–H and O–H groups in total. The Bertz CT molecular complexity index is 949. The molecule has 0 aliphatic heterocycles. The molecule has 2 aromatic heterocycles. The minimum absolute atomic E-state index is 0.194. The van der Waals surface area contributed by atoms with Crippen LogP contribution in [0.25, 0.3) is 22.2 Å². The van der Waals surface area contributed by atoms with Gasteiger partial charge >= 0.3 is 5.97 Å². The Labute approximate surface area is 144 Å². The first kappa shape index (κ1) is 16.8. The fourth-order valence-electron chi connectivity index (χ4n) is 2.86. The van der Waals surface area contributed by atoms with Gasteiger partial charge in [0, 0.05) is 17.6 Å². The second kappa shape index (κ2) is 6.47. The molecular weight excluding hydrogens is 323 g/mol. The third kappa shape index (κ3) is 3.28. The Hall–Kier alpha value is -3.02. The molecule has 0 bridgehead atoms. The van der Waals surface area contributed by atoms with Gasteiger partial charge in [-0.25, -0.2) is 14.2 Å². The molecule has 0 aliphatic carbocycles. The van der Waals surface area contributed by atoms with Crippen molar-refractivity contribution in [2.75, 3.05) is 0 Å². The number of ether oxygens (including phenoxy) is 1. The lowest BCUT2D eigenvalue weighted by Gasteiger charge is -2.14. The van der Waals surface area contributed by atoms with Gasteiger partial charge in [-0.15, -0.1) is 0 Å². The lowest BCUT2D eigenvalue weighted by atomic mass is 9.94. The van der Waals surface area contributed by atoms with Gasteiger partial charge in [0.1, 0.15) is 5.82 Å². The summed E-state index contributed by atoms with van der Waals surface area (Å²) >= 11 is 0. The van der Waals surface area contributed by atoms with Gasteiger partial charge in [-0.1, -0.05) is 0 Å². The van der Waals surface area contributed by atoms with Crippen LogP contribution in [-0.2, 0) is 4.79 Å². The number of aliphatic carboxylic acids is 1. The third-order valence-electron chi connectivity index (χ3n) is 3.99. The average molecular weight is 340 g/mol. The molecule has 25 heavy (non-hydrogen) atoms. The molecule has 0 radical (unpaired) electrons. The molecule has 6 heteroatoms. The van der Waals surface area contributed by atoms with Gasteiger partial charge in [0.15, 0.2) is 11.8 Å². The van der Waals surface area contributed by atoms with E-state index < -0.39 is 12.1 Å². The second-order valence-electron chi connectivity index (χ2n) is 5.89. The van der Waals surface area contributed by atoms with Gasteiger partial charge < -0.3 is 9.84 Å². The van der Waals surface area contributed by atoms with Crippen molar-refractivity contribution >= 4 is 17.0 Å². The highest BCUT2D eigenvalue weighted by molar-refractivity contribution is 5.94. The molecule has 0 aliphatic rings. The van der Waals surface area contributed by atoms with Crippen LogP contribution in [0, 0.1) is 19.7 Å². The number of rotatable bonds is 4. The number of halogens is 1. The number of hydrogen-bond donors (Lipinski definition) is 1. The summed E-state index contributed by atoms with van der Waals surface area (Å²) in [6.07, 6.45) is 0.617. The summed E-state index contributed by atoms with van der Waals surface area (Å²) in [7, 11) is 0. The van der Waals surface area contributed by atoms with Gasteiger partial charge in [-0.2, -0.15) is 4.98 Å². The molecule has 0 saturated carbocycles. The summed E-state index contributed by atoms with van der Waals surface area (Å²) in [6, 6.07) is 8.25. The Morgan fingerprint density at radius 1 is 1.20 bits per heavy atom. The lowest BCUT2D eigenvalue weighted by molar-refractivity contribution is -0.144. The summed E-state index contributed by atoms with van der Waals surface area (Å²) in [5.41, 5.74) is 3.92. The highest BCUT2D eigenvalue weighted by Gasteiger charge is 2.16. The molecule has 1 atom stereocenters. The summed E-state index contributed by atoms with van der Waals surface area (Å²) in [5, 5.41) is 9.72. The Kier molecular flexibility index (Phi) is 4.35. The van der Waals surface area contributed by atoms with Gasteiger partial charge in [0.25, 0.3) is 0 Å². The van der Waals surface area contributed by atoms with Crippen molar-refractivity contribution in [3.63, 3.8) is 0 Å². The zero-order valence-corrected chi connectivity index (χ0v) is 14.1. The third-order valence-corrected chi connectivity index (χ3v) is 3.99. The Morgan fingerprint density at radius 2 is 1.88 bits per heavy atom. The first-order valence-corrected chi connectivity index (χ1v) is 7.79. The van der Waals surface area contributed by atoms with E-state index >= 15 is 0 Å². The standard InChI is InChI=1S/C19H17FN2O3/c1-10-8-13(20)9-11(2)17(10)14-6-7-21-18-15(14)4-5-16(22-18)25-12(3)19(23)24/h4-9,12H,1-3H3,(H,23,24). The number of pyridine rings is 2. The zero-order chi connectivity index (χ0) is 18.1. The molecular formula is C19H17FN2O3. The van der Waals surface area contributed by atoms with Crippen LogP contribution in [0.15, 0.2) is 36.5 Å². The van der Waals surface area contributed by atoms with Gasteiger partial charge in [-0.3, -0.25) is 0 Å². The molecule has 0 fully saturated rings. The maximum absolute atomic E-state index is 13.6. The molecule has 1 unspecified atom stereocenters. The van der Waals surface area contributed by atoms with Gasteiger partial charge in [-0.05, 0) is 67.3 Å². The Balaban J connectivity index is 2.11. The number of carboxylic acid groups (broad SMARTS) is 1. The SMILES string of the molecule is Cc1cc(F)cc(C)c1-c1ccnc2nc(OC(C)C(=O)O)ccc12. The smallest absolute Gasteiger partial charge is 0.344 e. The minimum atomic E-state index is -1.07. The van der Waals surface area contributed by atoms with Gasteiger partial charge in [0.05, 0.1) is 0 Å². The van der Waals surface area contributed by atoms with Crippen LogP contribution in [0.3, 0.4) is 0 Å². The summed E-state index contributed by atoms with van der Waals surface area (Å²) in [4.78, 5) is 19.4. The number of aromatic nitrogens is 2. The van der Waals surface area contributed by atoms with Crippen LogP contribution in [0.4, 0.5) is 4.39 Å². The van der Waals surface area contributed by atoms with Crippen LogP contribution in [-0.4, -0.2) is 27.1 Å². The molecule has 0 saturated heterocycles. The summed E-state index contributed by atoms with van der Waals surface area (Å²) in [5.74, 6) is -1.14. The molecule has 0 spiro atoms. The lowest BCUT2D eigenvalue weighted by Crippen LogP contribution is -2.23. The fourth-order valence-corrected chi connectivity index (χ4v) is 2.86. The normalized spacial score (nSPS) is 12.2. The van der Waals surface area contributed by atoms with Crippen molar-refractivity contribution in [3.8, 4) is 17.0 Å². The maximum Gasteiger partial charge on any atom is 0.344 e. The Morgan fingerprint density at radius 3 is 2.52 bits per heavy atom. The van der Waals surface area contributed by atoms with Crippen LogP contribution >= 0.6 is 0 Å². The molecule has 3 aromatic rings. The highest BCUT2D eigenvalue weighted by atomic mass is 19.1. The molecule has 5 nitrogen and oxygen atoms in total.